The maximum atomic E-state index is 5.65. The lowest BCUT2D eigenvalue weighted by Gasteiger charge is -2.16. The van der Waals surface area contributed by atoms with E-state index in [1.807, 2.05) is 55.6 Å². The highest BCUT2D eigenvalue weighted by Crippen LogP contribution is 2.15. The Hall–Kier alpha value is -2.64. The van der Waals surface area contributed by atoms with Crippen LogP contribution in [0.25, 0.3) is 0 Å². The maximum Gasteiger partial charge on any atom is 0.288 e. The van der Waals surface area contributed by atoms with E-state index in [4.69, 9.17) is 26.1 Å². The summed E-state index contributed by atoms with van der Waals surface area (Å²) < 4.78 is 17.7. The summed E-state index contributed by atoms with van der Waals surface area (Å²) in [5, 5.41) is 4.51. The van der Waals surface area contributed by atoms with Gasteiger partial charge in [-0.2, -0.15) is 0 Å². The molecule has 3 aromatic rings. The molecule has 0 bridgehead atoms. The molecule has 2 aromatic carbocycles. The van der Waals surface area contributed by atoms with Crippen molar-refractivity contribution in [1.82, 2.24) is 14.7 Å². The van der Waals surface area contributed by atoms with Gasteiger partial charge in [-0.25, -0.2) is 4.68 Å². The molecule has 0 unspecified atom stereocenters. The Labute approximate surface area is 163 Å². The van der Waals surface area contributed by atoms with E-state index in [0.29, 0.717) is 23.8 Å². The zero-order valence-electron chi connectivity index (χ0n) is 15.7. The Balaban J connectivity index is 1.62. The van der Waals surface area contributed by atoms with Crippen molar-refractivity contribution in [3.8, 4) is 11.5 Å². The maximum absolute atomic E-state index is 5.65. The number of benzene rings is 2. The first-order chi connectivity index (χ1) is 13.1. The second kappa shape index (κ2) is 8.83. The number of ether oxygens (including phenoxy) is 2. The molecule has 0 aliphatic heterocycles. The molecule has 0 saturated heterocycles. The molecule has 142 valence electrons. The summed E-state index contributed by atoms with van der Waals surface area (Å²) in [5.41, 5.74) is 2.28. The third-order valence-corrected chi connectivity index (χ3v) is 4.44. The summed E-state index contributed by atoms with van der Waals surface area (Å²) >= 11 is 5.32. The molecular weight excluding hydrogens is 362 g/mol. The fraction of sp³-hybridized carbons (Fsp3) is 0.300. The van der Waals surface area contributed by atoms with Crippen LogP contribution in [-0.4, -0.2) is 35.9 Å². The lowest BCUT2D eigenvalue weighted by molar-refractivity contribution is 0.240. The molecule has 0 N–H and O–H groups in total. The Kier molecular flexibility index (Phi) is 6.26. The van der Waals surface area contributed by atoms with Crippen LogP contribution in [0.4, 0.5) is 0 Å². The van der Waals surface area contributed by atoms with Crippen LogP contribution in [0.1, 0.15) is 17.0 Å². The van der Waals surface area contributed by atoms with Gasteiger partial charge in [0.25, 0.3) is 4.84 Å². The third kappa shape index (κ3) is 5.18. The second-order valence-corrected chi connectivity index (χ2v) is 6.64. The smallest absolute Gasteiger partial charge is 0.288 e. The number of methoxy groups -OCH3 is 2. The van der Waals surface area contributed by atoms with Crippen LogP contribution in [0.5, 0.6) is 11.5 Å². The molecule has 6 nitrogen and oxygen atoms in total. The fourth-order valence-electron chi connectivity index (χ4n) is 2.75. The molecule has 0 atom stereocenters. The van der Waals surface area contributed by atoms with Crippen molar-refractivity contribution >= 4 is 12.2 Å². The summed E-state index contributed by atoms with van der Waals surface area (Å²) in [5.74, 6) is 2.27. The summed E-state index contributed by atoms with van der Waals surface area (Å²) in [6.45, 7) is 1.32. The average molecular weight is 385 g/mol. The predicted molar refractivity (Wildman–Crippen MR) is 106 cm³/mol. The zero-order chi connectivity index (χ0) is 19.2. The minimum absolute atomic E-state index is 0.375. The van der Waals surface area contributed by atoms with Gasteiger partial charge in [-0.1, -0.05) is 24.3 Å². The highest BCUT2D eigenvalue weighted by atomic mass is 32.1. The van der Waals surface area contributed by atoms with E-state index < -0.39 is 0 Å². The minimum atomic E-state index is 0.375. The van der Waals surface area contributed by atoms with Crippen LogP contribution >= 0.6 is 12.2 Å². The number of hydrogen-bond acceptors (Lipinski definition) is 6. The highest BCUT2D eigenvalue weighted by Gasteiger charge is 2.09. The quantitative estimate of drug-likeness (QED) is 0.548. The van der Waals surface area contributed by atoms with E-state index >= 15 is 0 Å². The van der Waals surface area contributed by atoms with Crippen LogP contribution in [0, 0.1) is 4.84 Å². The molecule has 0 spiro atoms. The molecule has 0 aliphatic rings. The van der Waals surface area contributed by atoms with Crippen molar-refractivity contribution < 1.29 is 13.9 Å². The monoisotopic (exact) mass is 385 g/mol. The lowest BCUT2D eigenvalue weighted by Crippen LogP contribution is -2.22. The van der Waals surface area contributed by atoms with Crippen LogP contribution < -0.4 is 9.47 Å². The van der Waals surface area contributed by atoms with E-state index in [0.717, 1.165) is 23.6 Å². The van der Waals surface area contributed by atoms with Crippen LogP contribution in [0.3, 0.4) is 0 Å². The molecule has 0 fully saturated rings. The van der Waals surface area contributed by atoms with Gasteiger partial charge < -0.3 is 13.9 Å². The van der Waals surface area contributed by atoms with Crippen LogP contribution in [-0.2, 0) is 19.6 Å². The molecule has 0 radical (unpaired) electrons. The highest BCUT2D eigenvalue weighted by molar-refractivity contribution is 7.71. The van der Waals surface area contributed by atoms with Crippen LogP contribution in [0.2, 0.25) is 0 Å². The lowest BCUT2D eigenvalue weighted by atomic mass is 10.1. The standard InChI is InChI=1S/C20H23N3O3S/c1-22(13-16-6-10-18(25-3)11-7-16)14-23-20(27)26-19(21-23)12-15-4-8-17(24-2)9-5-15/h4-11H,12-14H2,1-3H3. The summed E-state index contributed by atoms with van der Waals surface area (Å²) in [4.78, 5) is 2.50. The average Bonchev–Trinajstić information content (AvgIpc) is 3.01. The largest absolute Gasteiger partial charge is 0.497 e. The van der Waals surface area contributed by atoms with E-state index in [1.54, 1.807) is 18.9 Å². The normalized spacial score (nSPS) is 11.0. The van der Waals surface area contributed by atoms with Crippen LogP contribution in [0.15, 0.2) is 52.9 Å². The molecule has 3 rings (SSSR count). The van der Waals surface area contributed by atoms with Gasteiger partial charge in [-0.05, 0) is 54.7 Å². The van der Waals surface area contributed by atoms with Gasteiger partial charge in [0, 0.05) is 6.54 Å². The van der Waals surface area contributed by atoms with Gasteiger partial charge in [0.15, 0.2) is 0 Å². The molecule has 0 aliphatic carbocycles. The van der Waals surface area contributed by atoms with Gasteiger partial charge in [-0.15, -0.1) is 5.10 Å². The summed E-state index contributed by atoms with van der Waals surface area (Å²) in [6.07, 6.45) is 0.586. The SMILES string of the molecule is COc1ccc(Cc2nn(CN(C)Cc3ccc(OC)cc3)c(=S)o2)cc1. The topological polar surface area (TPSA) is 52.7 Å². The zero-order valence-corrected chi connectivity index (χ0v) is 16.5. The molecule has 7 heteroatoms. The molecule has 27 heavy (non-hydrogen) atoms. The number of aromatic nitrogens is 2. The Morgan fingerprint density at radius 1 is 0.963 bits per heavy atom. The van der Waals surface area contributed by atoms with Gasteiger partial charge in [0.2, 0.25) is 5.89 Å². The van der Waals surface area contributed by atoms with Gasteiger partial charge in [0.05, 0.1) is 27.3 Å². The van der Waals surface area contributed by atoms with Crippen molar-refractivity contribution in [3.05, 3.63) is 70.4 Å². The fourth-order valence-corrected chi connectivity index (χ4v) is 2.94. The Morgan fingerprint density at radius 3 is 2.07 bits per heavy atom. The van der Waals surface area contributed by atoms with Gasteiger partial charge in [-0.3, -0.25) is 4.90 Å². The van der Waals surface area contributed by atoms with Crippen molar-refractivity contribution in [2.75, 3.05) is 21.3 Å². The van der Waals surface area contributed by atoms with Gasteiger partial charge in [0.1, 0.15) is 11.5 Å². The Morgan fingerprint density at radius 2 is 1.52 bits per heavy atom. The molecule has 0 amide bonds. The van der Waals surface area contributed by atoms with E-state index in [-0.39, 0.29) is 0 Å². The van der Waals surface area contributed by atoms with E-state index in [1.165, 1.54) is 5.56 Å². The van der Waals surface area contributed by atoms with E-state index in [9.17, 15) is 0 Å². The predicted octanol–water partition coefficient (Wildman–Crippen LogP) is 3.90. The van der Waals surface area contributed by atoms with Crippen molar-refractivity contribution in [2.24, 2.45) is 0 Å². The van der Waals surface area contributed by atoms with E-state index in [2.05, 4.69) is 10.00 Å². The first kappa shape index (κ1) is 19.1. The molecule has 0 saturated carbocycles. The first-order valence-electron chi connectivity index (χ1n) is 8.58. The van der Waals surface area contributed by atoms with Crippen molar-refractivity contribution in [3.63, 3.8) is 0 Å². The number of nitrogens with zero attached hydrogens (tertiary/aromatic N) is 3. The van der Waals surface area contributed by atoms with Crippen molar-refractivity contribution in [1.29, 1.82) is 0 Å². The summed E-state index contributed by atoms with van der Waals surface area (Å²) in [6, 6.07) is 15.8. The van der Waals surface area contributed by atoms with Crippen molar-refractivity contribution in [2.45, 2.75) is 19.6 Å². The minimum Gasteiger partial charge on any atom is -0.497 e. The number of hydrogen-bond donors (Lipinski definition) is 0. The molecule has 1 heterocycles. The molecule has 1 aromatic heterocycles. The Bertz CT molecular complexity index is 917. The van der Waals surface area contributed by atoms with Gasteiger partial charge >= 0.3 is 0 Å². The summed E-state index contributed by atoms with van der Waals surface area (Å²) in [7, 11) is 5.33. The number of rotatable bonds is 8. The molecular formula is C20H23N3O3S. The first-order valence-corrected chi connectivity index (χ1v) is 8.99. The second-order valence-electron chi connectivity index (χ2n) is 6.29. The third-order valence-electron chi connectivity index (χ3n) is 4.15.